The maximum atomic E-state index is 3.63. The van der Waals surface area contributed by atoms with Crippen LogP contribution in [-0.4, -0.2) is 0 Å². The van der Waals surface area contributed by atoms with Gasteiger partial charge in [-0.1, -0.05) is 63.9 Å². The molecule has 0 heterocycles. The molecule has 1 N–H and O–H groups in total. The van der Waals surface area contributed by atoms with Crippen molar-refractivity contribution in [2.24, 2.45) is 0 Å². The molecule has 1 nitrogen and oxygen atoms in total. The van der Waals surface area contributed by atoms with Gasteiger partial charge < -0.3 is 5.32 Å². The van der Waals surface area contributed by atoms with Crippen molar-refractivity contribution in [2.45, 2.75) is 32.7 Å². The van der Waals surface area contributed by atoms with E-state index in [1.807, 2.05) is 0 Å². The van der Waals surface area contributed by atoms with E-state index in [-0.39, 0.29) is 6.04 Å². The van der Waals surface area contributed by atoms with Crippen molar-refractivity contribution in [3.05, 3.63) is 62.5 Å². The van der Waals surface area contributed by atoms with Gasteiger partial charge >= 0.3 is 0 Å². The minimum atomic E-state index is 0.250. The maximum Gasteiger partial charge on any atom is 0.0496 e. The Morgan fingerprint density at radius 2 is 1.70 bits per heavy atom. The Labute approximate surface area is 138 Å². The average Bonchev–Trinajstić information content (AvgIpc) is 2.38. The lowest BCUT2D eigenvalue weighted by Crippen LogP contribution is -2.07. The van der Waals surface area contributed by atoms with Gasteiger partial charge in [-0.15, -0.1) is 0 Å². The molecule has 0 spiro atoms. The Bertz CT molecular complexity index is 593. The first-order valence-corrected chi connectivity index (χ1v) is 8.37. The molecule has 3 heteroatoms. The van der Waals surface area contributed by atoms with Crippen molar-refractivity contribution in [1.29, 1.82) is 0 Å². The third-order valence-electron chi connectivity index (χ3n) is 3.37. The smallest absolute Gasteiger partial charge is 0.0496 e. The Balaban J connectivity index is 2.19. The molecule has 0 amide bonds. The van der Waals surface area contributed by atoms with Gasteiger partial charge in [-0.25, -0.2) is 0 Å². The monoisotopic (exact) mass is 395 g/mol. The van der Waals surface area contributed by atoms with Crippen LogP contribution in [0.5, 0.6) is 0 Å². The second-order valence-electron chi connectivity index (χ2n) is 5.31. The van der Waals surface area contributed by atoms with Gasteiger partial charge in [-0.3, -0.25) is 0 Å². The molecule has 0 saturated carbocycles. The minimum Gasteiger partial charge on any atom is -0.378 e. The largest absolute Gasteiger partial charge is 0.378 e. The third-order valence-corrected chi connectivity index (χ3v) is 4.55. The summed E-state index contributed by atoms with van der Waals surface area (Å²) in [5.74, 6) is 0.548. The highest BCUT2D eigenvalue weighted by Gasteiger charge is 2.10. The van der Waals surface area contributed by atoms with E-state index in [0.717, 1.165) is 8.95 Å². The van der Waals surface area contributed by atoms with Crippen LogP contribution in [0.1, 0.15) is 43.9 Å². The number of hydrogen-bond acceptors (Lipinski definition) is 1. The second kappa shape index (κ2) is 6.77. The first-order chi connectivity index (χ1) is 9.47. The lowest BCUT2D eigenvalue weighted by molar-refractivity contribution is 0.857. The lowest BCUT2D eigenvalue weighted by atomic mass is 10.0. The van der Waals surface area contributed by atoms with E-state index in [4.69, 9.17) is 0 Å². The van der Waals surface area contributed by atoms with Gasteiger partial charge in [0.15, 0.2) is 0 Å². The number of hydrogen-bond donors (Lipinski definition) is 1. The number of anilines is 1. The SMILES string of the molecule is CC(C)c1cccc(NC(C)c2ccc(Br)cc2Br)c1. The molecule has 0 aliphatic carbocycles. The second-order valence-corrected chi connectivity index (χ2v) is 7.08. The van der Waals surface area contributed by atoms with Crippen molar-refractivity contribution >= 4 is 37.5 Å². The van der Waals surface area contributed by atoms with Crippen LogP contribution in [0.3, 0.4) is 0 Å². The molecular weight excluding hydrogens is 378 g/mol. The quantitative estimate of drug-likeness (QED) is 0.621. The summed E-state index contributed by atoms with van der Waals surface area (Å²) >= 11 is 7.12. The molecule has 0 aliphatic rings. The molecule has 0 aromatic heterocycles. The van der Waals surface area contributed by atoms with Crippen molar-refractivity contribution < 1.29 is 0 Å². The molecule has 0 fully saturated rings. The Kier molecular flexibility index (Phi) is 5.28. The summed E-state index contributed by atoms with van der Waals surface area (Å²) in [6.45, 7) is 6.61. The van der Waals surface area contributed by atoms with E-state index >= 15 is 0 Å². The fourth-order valence-corrected chi connectivity index (χ4v) is 3.56. The number of rotatable bonds is 4. The molecule has 0 aliphatic heterocycles. The van der Waals surface area contributed by atoms with E-state index in [9.17, 15) is 0 Å². The summed E-state index contributed by atoms with van der Waals surface area (Å²) in [5.41, 5.74) is 3.78. The van der Waals surface area contributed by atoms with Gasteiger partial charge in [0.25, 0.3) is 0 Å². The molecule has 20 heavy (non-hydrogen) atoms. The molecule has 2 aromatic rings. The van der Waals surface area contributed by atoms with Gasteiger partial charge in [0.1, 0.15) is 0 Å². The maximum absolute atomic E-state index is 3.63. The van der Waals surface area contributed by atoms with E-state index in [0.29, 0.717) is 5.92 Å². The molecule has 1 unspecified atom stereocenters. The third kappa shape index (κ3) is 3.86. The zero-order chi connectivity index (χ0) is 14.7. The van der Waals surface area contributed by atoms with Crippen molar-refractivity contribution in [2.75, 3.05) is 5.32 Å². The molecule has 2 aromatic carbocycles. The number of benzene rings is 2. The van der Waals surface area contributed by atoms with Crippen LogP contribution in [0, 0.1) is 0 Å². The normalized spacial score (nSPS) is 12.5. The van der Waals surface area contributed by atoms with Gasteiger partial charge in [0.2, 0.25) is 0 Å². The number of halogens is 2. The van der Waals surface area contributed by atoms with Crippen LogP contribution in [0.15, 0.2) is 51.4 Å². The summed E-state index contributed by atoms with van der Waals surface area (Å²) in [5, 5.41) is 3.57. The summed E-state index contributed by atoms with van der Waals surface area (Å²) in [6.07, 6.45) is 0. The summed E-state index contributed by atoms with van der Waals surface area (Å²) in [4.78, 5) is 0. The van der Waals surface area contributed by atoms with Crippen LogP contribution in [-0.2, 0) is 0 Å². The Morgan fingerprint density at radius 3 is 2.35 bits per heavy atom. The van der Waals surface area contributed by atoms with Crippen LogP contribution in [0.25, 0.3) is 0 Å². The predicted octanol–water partition coefficient (Wildman–Crippen LogP) is 6.51. The summed E-state index contributed by atoms with van der Waals surface area (Å²) in [7, 11) is 0. The highest BCUT2D eigenvalue weighted by molar-refractivity contribution is 9.11. The van der Waals surface area contributed by atoms with E-state index in [2.05, 4.69) is 100 Å². The van der Waals surface area contributed by atoms with Crippen molar-refractivity contribution in [3.8, 4) is 0 Å². The van der Waals surface area contributed by atoms with Crippen LogP contribution < -0.4 is 5.32 Å². The van der Waals surface area contributed by atoms with Gasteiger partial charge in [0.05, 0.1) is 0 Å². The Morgan fingerprint density at radius 1 is 0.950 bits per heavy atom. The topological polar surface area (TPSA) is 12.0 Å². The standard InChI is InChI=1S/C17H19Br2N/c1-11(2)13-5-4-6-15(9-13)20-12(3)16-8-7-14(18)10-17(16)19/h4-12,20H,1-3H3. The molecular formula is C17H19Br2N. The van der Waals surface area contributed by atoms with Gasteiger partial charge in [-0.2, -0.15) is 0 Å². The van der Waals surface area contributed by atoms with Crippen molar-refractivity contribution in [1.82, 2.24) is 0 Å². The molecule has 106 valence electrons. The molecule has 1 atom stereocenters. The zero-order valence-corrected chi connectivity index (χ0v) is 15.1. The van der Waals surface area contributed by atoms with Gasteiger partial charge in [0, 0.05) is 20.7 Å². The van der Waals surface area contributed by atoms with Crippen LogP contribution in [0.4, 0.5) is 5.69 Å². The fourth-order valence-electron chi connectivity index (χ4n) is 2.17. The fraction of sp³-hybridized carbons (Fsp3) is 0.294. The molecule has 0 bridgehead atoms. The van der Waals surface area contributed by atoms with Crippen molar-refractivity contribution in [3.63, 3.8) is 0 Å². The average molecular weight is 397 g/mol. The Hall–Kier alpha value is -0.800. The zero-order valence-electron chi connectivity index (χ0n) is 12.0. The summed E-state index contributed by atoms with van der Waals surface area (Å²) in [6, 6.07) is 15.2. The predicted molar refractivity (Wildman–Crippen MR) is 94.4 cm³/mol. The van der Waals surface area contributed by atoms with E-state index in [1.54, 1.807) is 0 Å². The highest BCUT2D eigenvalue weighted by Crippen LogP contribution is 2.29. The van der Waals surface area contributed by atoms with E-state index < -0.39 is 0 Å². The van der Waals surface area contributed by atoms with E-state index in [1.165, 1.54) is 16.8 Å². The molecule has 2 rings (SSSR count). The molecule has 0 radical (unpaired) electrons. The first kappa shape index (κ1) is 15.6. The first-order valence-electron chi connectivity index (χ1n) is 6.79. The lowest BCUT2D eigenvalue weighted by Gasteiger charge is -2.18. The van der Waals surface area contributed by atoms with Gasteiger partial charge in [-0.05, 0) is 48.2 Å². The highest BCUT2D eigenvalue weighted by atomic mass is 79.9. The van der Waals surface area contributed by atoms with Crippen LogP contribution in [0.2, 0.25) is 0 Å². The summed E-state index contributed by atoms with van der Waals surface area (Å²) < 4.78 is 2.20. The minimum absolute atomic E-state index is 0.250. The number of nitrogens with one attached hydrogen (secondary N) is 1. The molecule has 0 saturated heterocycles. The van der Waals surface area contributed by atoms with Crippen LogP contribution >= 0.6 is 31.9 Å².